The van der Waals surface area contributed by atoms with E-state index in [-0.39, 0.29) is 0 Å². The van der Waals surface area contributed by atoms with E-state index in [2.05, 4.69) is 60.4 Å². The van der Waals surface area contributed by atoms with Gasteiger partial charge >= 0.3 is 0 Å². The zero-order chi connectivity index (χ0) is 19.6. The van der Waals surface area contributed by atoms with Crippen LogP contribution in [0.3, 0.4) is 0 Å². The van der Waals surface area contributed by atoms with E-state index < -0.39 is 0 Å². The molecule has 0 aliphatic rings. The van der Waals surface area contributed by atoms with Crippen LogP contribution in [0.5, 0.6) is 5.75 Å². The number of rotatable bonds is 10. The highest BCUT2D eigenvalue weighted by atomic mass is 16.5. The van der Waals surface area contributed by atoms with Gasteiger partial charge in [-0.05, 0) is 54.7 Å². The molecule has 1 heterocycles. The molecule has 0 saturated carbocycles. The molecule has 2 heteroatoms. The number of pyridine rings is 1. The molecule has 0 unspecified atom stereocenters. The van der Waals surface area contributed by atoms with Gasteiger partial charge in [0.25, 0.3) is 0 Å². The lowest BCUT2D eigenvalue weighted by atomic mass is 10.0. The predicted molar refractivity (Wildman–Crippen MR) is 119 cm³/mol. The van der Waals surface area contributed by atoms with Crippen LogP contribution in [0.15, 0.2) is 66.9 Å². The van der Waals surface area contributed by atoms with Crippen molar-refractivity contribution in [2.24, 2.45) is 0 Å². The molecule has 3 rings (SSSR count). The Morgan fingerprint density at radius 3 is 1.79 bits per heavy atom. The number of ether oxygens (including phenoxy) is 1. The highest BCUT2D eigenvalue weighted by Gasteiger charge is 2.03. The van der Waals surface area contributed by atoms with E-state index >= 15 is 0 Å². The smallest absolute Gasteiger partial charge is 0.119 e. The summed E-state index contributed by atoms with van der Waals surface area (Å²) >= 11 is 0. The van der Waals surface area contributed by atoms with Gasteiger partial charge in [-0.3, -0.25) is 4.98 Å². The van der Waals surface area contributed by atoms with Crippen molar-refractivity contribution in [3.05, 3.63) is 72.6 Å². The first-order valence-corrected chi connectivity index (χ1v) is 10.6. The van der Waals surface area contributed by atoms with Gasteiger partial charge in [-0.1, -0.05) is 75.1 Å². The average Bonchev–Trinajstić information content (AvgIpc) is 2.75. The molecule has 1 aromatic heterocycles. The molecule has 2 nitrogen and oxygen atoms in total. The zero-order valence-corrected chi connectivity index (χ0v) is 17.2. The summed E-state index contributed by atoms with van der Waals surface area (Å²) in [7, 11) is 0. The van der Waals surface area contributed by atoms with Crippen LogP contribution < -0.4 is 4.74 Å². The minimum Gasteiger partial charge on any atom is -0.494 e. The second kappa shape index (κ2) is 10.7. The molecular weight excluding hydrogens is 342 g/mol. The predicted octanol–water partition coefficient (Wildman–Crippen LogP) is 7.33. The Hall–Kier alpha value is -2.61. The summed E-state index contributed by atoms with van der Waals surface area (Å²) in [5, 5.41) is 0. The molecule has 0 N–H and O–H groups in total. The number of nitrogens with zero attached hydrogens (tertiary/aromatic N) is 1. The fourth-order valence-electron chi connectivity index (χ4n) is 3.42. The van der Waals surface area contributed by atoms with E-state index in [0.717, 1.165) is 12.2 Å². The van der Waals surface area contributed by atoms with E-state index in [9.17, 15) is 0 Å². The van der Waals surface area contributed by atoms with Gasteiger partial charge in [-0.25, -0.2) is 0 Å². The largest absolute Gasteiger partial charge is 0.494 e. The summed E-state index contributed by atoms with van der Waals surface area (Å²) in [5.74, 6) is 0.916. The van der Waals surface area contributed by atoms with Crippen molar-refractivity contribution < 1.29 is 4.74 Å². The third-order valence-corrected chi connectivity index (χ3v) is 5.08. The van der Waals surface area contributed by atoms with Gasteiger partial charge in [0, 0.05) is 17.5 Å². The van der Waals surface area contributed by atoms with Crippen LogP contribution in [0.1, 0.15) is 51.6 Å². The highest BCUT2D eigenvalue weighted by Crippen LogP contribution is 2.26. The van der Waals surface area contributed by atoms with E-state index in [1.807, 2.05) is 25.3 Å². The Balaban J connectivity index is 1.60. The summed E-state index contributed by atoms with van der Waals surface area (Å²) in [6, 6.07) is 21.3. The molecule has 3 aromatic rings. The molecule has 0 aliphatic carbocycles. The van der Waals surface area contributed by atoms with Crippen molar-refractivity contribution in [2.45, 2.75) is 52.4 Å². The van der Waals surface area contributed by atoms with E-state index in [0.29, 0.717) is 6.61 Å². The standard InChI is InChI=1S/C26H31NO/c1-3-5-6-7-8-9-25-17-14-24(20-27-25)23-12-10-21(11-13-23)22-15-18-26(19-16-22)28-4-2/h10-20H,3-9H2,1-2H3. The minimum atomic E-state index is 0.694. The topological polar surface area (TPSA) is 22.1 Å². The van der Waals surface area contributed by atoms with Gasteiger partial charge < -0.3 is 4.74 Å². The number of hydrogen-bond donors (Lipinski definition) is 0. The lowest BCUT2D eigenvalue weighted by Crippen LogP contribution is -1.91. The maximum atomic E-state index is 5.52. The van der Waals surface area contributed by atoms with Crippen molar-refractivity contribution in [1.82, 2.24) is 4.98 Å². The second-order valence-corrected chi connectivity index (χ2v) is 7.24. The minimum absolute atomic E-state index is 0.694. The molecular formula is C26H31NO. The van der Waals surface area contributed by atoms with Gasteiger partial charge in [-0.2, -0.15) is 0 Å². The molecule has 0 saturated heterocycles. The molecule has 146 valence electrons. The monoisotopic (exact) mass is 373 g/mol. The summed E-state index contributed by atoms with van der Waals surface area (Å²) < 4.78 is 5.52. The van der Waals surface area contributed by atoms with Crippen molar-refractivity contribution >= 4 is 0 Å². The number of aryl methyl sites for hydroxylation is 1. The van der Waals surface area contributed by atoms with Crippen LogP contribution >= 0.6 is 0 Å². The Labute approximate surface area is 169 Å². The molecule has 28 heavy (non-hydrogen) atoms. The Morgan fingerprint density at radius 2 is 1.21 bits per heavy atom. The molecule has 0 amide bonds. The Kier molecular flexibility index (Phi) is 7.66. The molecule has 2 aromatic carbocycles. The summed E-state index contributed by atoms with van der Waals surface area (Å²) in [6.07, 6.45) is 9.62. The quantitative estimate of drug-likeness (QED) is 0.347. The van der Waals surface area contributed by atoms with Crippen LogP contribution in [-0.4, -0.2) is 11.6 Å². The Bertz CT molecular complexity index is 820. The van der Waals surface area contributed by atoms with Crippen molar-refractivity contribution in [2.75, 3.05) is 6.61 Å². The first kappa shape index (κ1) is 20.1. The Morgan fingerprint density at radius 1 is 0.643 bits per heavy atom. The SMILES string of the molecule is CCCCCCCc1ccc(-c2ccc(-c3ccc(OCC)cc3)cc2)cn1. The van der Waals surface area contributed by atoms with Crippen molar-refractivity contribution in [3.63, 3.8) is 0 Å². The van der Waals surface area contributed by atoms with Crippen molar-refractivity contribution in [3.8, 4) is 28.0 Å². The maximum absolute atomic E-state index is 5.52. The molecule has 0 fully saturated rings. The van der Waals surface area contributed by atoms with Gasteiger partial charge in [0.05, 0.1) is 6.61 Å². The van der Waals surface area contributed by atoms with Crippen LogP contribution in [0.25, 0.3) is 22.3 Å². The highest BCUT2D eigenvalue weighted by molar-refractivity contribution is 5.70. The van der Waals surface area contributed by atoms with E-state index in [1.165, 1.54) is 60.1 Å². The molecule has 0 spiro atoms. The fraction of sp³-hybridized carbons (Fsp3) is 0.346. The van der Waals surface area contributed by atoms with Crippen LogP contribution in [0.4, 0.5) is 0 Å². The van der Waals surface area contributed by atoms with Crippen LogP contribution in [-0.2, 0) is 6.42 Å². The number of unbranched alkanes of at least 4 members (excludes halogenated alkanes) is 4. The molecule has 0 atom stereocenters. The van der Waals surface area contributed by atoms with Gasteiger partial charge in [0.15, 0.2) is 0 Å². The number of benzene rings is 2. The summed E-state index contributed by atoms with van der Waals surface area (Å²) in [5.41, 5.74) is 5.99. The van der Waals surface area contributed by atoms with Gasteiger partial charge in [-0.15, -0.1) is 0 Å². The van der Waals surface area contributed by atoms with Gasteiger partial charge in [0.2, 0.25) is 0 Å². The lowest BCUT2D eigenvalue weighted by Gasteiger charge is -2.07. The van der Waals surface area contributed by atoms with Crippen molar-refractivity contribution in [1.29, 1.82) is 0 Å². The maximum Gasteiger partial charge on any atom is 0.119 e. The van der Waals surface area contributed by atoms with Crippen LogP contribution in [0, 0.1) is 0 Å². The molecule has 0 bridgehead atoms. The zero-order valence-electron chi connectivity index (χ0n) is 17.2. The number of hydrogen-bond acceptors (Lipinski definition) is 2. The van der Waals surface area contributed by atoms with E-state index in [1.54, 1.807) is 0 Å². The van der Waals surface area contributed by atoms with E-state index in [4.69, 9.17) is 4.74 Å². The molecule has 0 aliphatic heterocycles. The fourth-order valence-corrected chi connectivity index (χ4v) is 3.42. The third-order valence-electron chi connectivity index (χ3n) is 5.08. The first-order valence-electron chi connectivity index (χ1n) is 10.6. The third kappa shape index (κ3) is 5.69. The molecule has 0 radical (unpaired) electrons. The van der Waals surface area contributed by atoms with Crippen LogP contribution in [0.2, 0.25) is 0 Å². The summed E-state index contributed by atoms with van der Waals surface area (Å²) in [6.45, 7) is 4.95. The van der Waals surface area contributed by atoms with Gasteiger partial charge in [0.1, 0.15) is 5.75 Å². The average molecular weight is 374 g/mol. The number of aromatic nitrogens is 1. The first-order chi connectivity index (χ1) is 13.8. The summed E-state index contributed by atoms with van der Waals surface area (Å²) in [4.78, 5) is 4.67. The second-order valence-electron chi connectivity index (χ2n) is 7.24. The lowest BCUT2D eigenvalue weighted by molar-refractivity contribution is 0.340. The normalized spacial score (nSPS) is 10.8.